The lowest BCUT2D eigenvalue weighted by Gasteiger charge is -2.05. The van der Waals surface area contributed by atoms with Gasteiger partial charge in [0.05, 0.1) is 0 Å². The van der Waals surface area contributed by atoms with Gasteiger partial charge >= 0.3 is 7.82 Å². The molecule has 0 aromatic heterocycles. The first-order valence-corrected chi connectivity index (χ1v) is 12.5. The summed E-state index contributed by atoms with van der Waals surface area (Å²) in [7, 11) is -4.44. The zero-order valence-corrected chi connectivity index (χ0v) is 18.6. The van der Waals surface area contributed by atoms with Gasteiger partial charge < -0.3 is 15.1 Å². The van der Waals surface area contributed by atoms with Crippen molar-refractivity contribution in [2.45, 2.75) is 71.1 Å². The monoisotopic (exact) mass is 433 g/mol. The summed E-state index contributed by atoms with van der Waals surface area (Å²) < 4.78 is 14.7. The molecule has 0 aromatic carbocycles. The van der Waals surface area contributed by atoms with Crippen LogP contribution in [0, 0.1) is 0 Å². The molecule has 1 amide bonds. The fraction of sp³-hybridized carbons (Fsp3) is 0.650. The van der Waals surface area contributed by atoms with Gasteiger partial charge in [0.15, 0.2) is 0 Å². The molecule has 0 atom stereocenters. The van der Waals surface area contributed by atoms with Gasteiger partial charge in [-0.2, -0.15) is 0 Å². The molecule has 6 nitrogen and oxygen atoms in total. The highest BCUT2D eigenvalue weighted by Crippen LogP contribution is 2.40. The van der Waals surface area contributed by atoms with Crippen LogP contribution in [0.5, 0.6) is 0 Å². The minimum absolute atomic E-state index is 0.0496. The highest BCUT2D eigenvalue weighted by atomic mass is 32.2. The lowest BCUT2D eigenvalue weighted by molar-refractivity contribution is -0.121. The van der Waals surface area contributed by atoms with Crippen LogP contribution in [0.2, 0.25) is 0 Å². The predicted octanol–water partition coefficient (Wildman–Crippen LogP) is 5.45. The summed E-state index contributed by atoms with van der Waals surface area (Å²) in [6.07, 6.45) is 23.4. The Hall–Kier alpha value is -0.850. The van der Waals surface area contributed by atoms with E-state index in [9.17, 15) is 9.36 Å². The van der Waals surface area contributed by atoms with E-state index in [-0.39, 0.29) is 5.91 Å². The second-order valence-electron chi connectivity index (χ2n) is 6.36. The zero-order valence-electron chi connectivity index (χ0n) is 16.9. The number of unbranched alkanes of at least 4 members (excludes halogenated alkanes) is 5. The topological polar surface area (TPSA) is 95.9 Å². The standard InChI is InChI=1S/C20H36NO5PS/c1-2-3-4-5-6-7-8-9-10-11-12-13-14-15-16-17-20(22)21-18-19-28-26-27(23,24)25/h6-7,9-10,12-13H,2-5,8,11,14-19H2,1H3,(H,21,22)(H2,23,24,25)/b7-6?,10-9?,13-12-. The Balaban J connectivity index is 3.44. The maximum Gasteiger partial charge on any atom is 0.480 e. The van der Waals surface area contributed by atoms with E-state index in [1.807, 2.05) is 0 Å². The van der Waals surface area contributed by atoms with Gasteiger partial charge in [-0.05, 0) is 44.9 Å². The smallest absolute Gasteiger partial charge is 0.355 e. The molecule has 0 bridgehead atoms. The molecule has 0 aromatic rings. The van der Waals surface area contributed by atoms with Gasteiger partial charge in [-0.1, -0.05) is 56.2 Å². The van der Waals surface area contributed by atoms with Crippen molar-refractivity contribution in [2.24, 2.45) is 0 Å². The summed E-state index contributed by atoms with van der Waals surface area (Å²) >= 11 is 0.655. The van der Waals surface area contributed by atoms with Crippen LogP contribution in [0.15, 0.2) is 36.5 Å². The molecular weight excluding hydrogens is 397 g/mol. The Kier molecular flexibility index (Phi) is 18.9. The molecule has 0 unspecified atom stereocenters. The number of allylic oxidation sites excluding steroid dienone is 6. The van der Waals surface area contributed by atoms with Crippen LogP contribution in [0.4, 0.5) is 0 Å². The van der Waals surface area contributed by atoms with E-state index in [4.69, 9.17) is 9.79 Å². The lowest BCUT2D eigenvalue weighted by Crippen LogP contribution is -2.25. The summed E-state index contributed by atoms with van der Waals surface area (Å²) in [4.78, 5) is 28.6. The fourth-order valence-electron chi connectivity index (χ4n) is 2.26. The summed E-state index contributed by atoms with van der Waals surface area (Å²) in [6, 6.07) is 0. The maximum absolute atomic E-state index is 11.6. The number of rotatable bonds is 18. The van der Waals surface area contributed by atoms with Gasteiger partial charge in [0.25, 0.3) is 0 Å². The molecule has 0 aliphatic rings. The minimum Gasteiger partial charge on any atom is -0.355 e. The third-order valence-electron chi connectivity index (χ3n) is 3.70. The molecule has 0 rings (SSSR count). The number of hydrogen-bond acceptors (Lipinski definition) is 4. The molecule has 0 aliphatic carbocycles. The van der Waals surface area contributed by atoms with Crippen molar-refractivity contribution in [3.05, 3.63) is 36.5 Å². The van der Waals surface area contributed by atoms with Crippen LogP contribution in [-0.2, 0) is 13.3 Å². The minimum atomic E-state index is -4.44. The SMILES string of the molecule is CCCCCC=CCC=CC/C=C\CCCCC(=O)NCCSOP(=O)(O)O. The molecule has 162 valence electrons. The first-order valence-electron chi connectivity index (χ1n) is 10.0. The van der Waals surface area contributed by atoms with E-state index >= 15 is 0 Å². The number of nitrogens with one attached hydrogen (secondary N) is 1. The second kappa shape index (κ2) is 19.5. The number of amides is 1. The Labute approximate surface area is 174 Å². The van der Waals surface area contributed by atoms with Crippen LogP contribution in [0.1, 0.15) is 71.1 Å². The highest BCUT2D eigenvalue weighted by Gasteiger charge is 2.13. The van der Waals surface area contributed by atoms with E-state index < -0.39 is 7.82 Å². The molecule has 0 heterocycles. The highest BCUT2D eigenvalue weighted by molar-refractivity contribution is 7.97. The summed E-state index contributed by atoms with van der Waals surface area (Å²) in [5, 5.41) is 2.69. The molecule has 0 saturated heterocycles. The molecule has 0 saturated carbocycles. The molecule has 0 radical (unpaired) electrons. The van der Waals surface area contributed by atoms with Crippen LogP contribution in [-0.4, -0.2) is 28.0 Å². The van der Waals surface area contributed by atoms with Gasteiger partial charge in [-0.25, -0.2) is 8.54 Å². The Morgan fingerprint density at radius 2 is 1.54 bits per heavy atom. The predicted molar refractivity (Wildman–Crippen MR) is 118 cm³/mol. The summed E-state index contributed by atoms with van der Waals surface area (Å²) in [5.41, 5.74) is 0. The van der Waals surface area contributed by atoms with Gasteiger partial charge in [0.1, 0.15) is 0 Å². The van der Waals surface area contributed by atoms with Crippen molar-refractivity contribution in [1.82, 2.24) is 5.32 Å². The maximum atomic E-state index is 11.6. The molecule has 0 aliphatic heterocycles. The molecular formula is C20H36NO5PS. The van der Waals surface area contributed by atoms with E-state index in [0.29, 0.717) is 30.8 Å². The summed E-state index contributed by atoms with van der Waals surface area (Å²) in [6.45, 7) is 2.54. The molecule has 0 spiro atoms. The first kappa shape index (κ1) is 27.1. The number of hydrogen-bond donors (Lipinski definition) is 3. The van der Waals surface area contributed by atoms with Crippen LogP contribution in [0.25, 0.3) is 0 Å². The molecule has 28 heavy (non-hydrogen) atoms. The van der Waals surface area contributed by atoms with Crippen molar-refractivity contribution in [1.29, 1.82) is 0 Å². The van der Waals surface area contributed by atoms with Crippen molar-refractivity contribution < 1.29 is 23.1 Å². The normalized spacial score (nSPS) is 12.5. The van der Waals surface area contributed by atoms with Crippen molar-refractivity contribution in [2.75, 3.05) is 12.3 Å². The van der Waals surface area contributed by atoms with Crippen LogP contribution >= 0.6 is 19.9 Å². The van der Waals surface area contributed by atoms with Crippen LogP contribution < -0.4 is 5.32 Å². The third-order valence-corrected chi connectivity index (χ3v) is 5.27. The van der Waals surface area contributed by atoms with Gasteiger partial charge in [0, 0.05) is 30.8 Å². The number of carbonyl (C=O) groups is 1. The van der Waals surface area contributed by atoms with Gasteiger partial charge in [0.2, 0.25) is 5.91 Å². The fourth-order valence-corrected chi connectivity index (χ4v) is 3.30. The van der Waals surface area contributed by atoms with E-state index in [2.05, 4.69) is 52.7 Å². The van der Waals surface area contributed by atoms with Crippen molar-refractivity contribution >= 4 is 25.8 Å². The van der Waals surface area contributed by atoms with Crippen molar-refractivity contribution in [3.63, 3.8) is 0 Å². The summed E-state index contributed by atoms with van der Waals surface area (Å²) in [5.74, 6) is 0.244. The molecule has 8 heteroatoms. The van der Waals surface area contributed by atoms with Gasteiger partial charge in [-0.15, -0.1) is 0 Å². The lowest BCUT2D eigenvalue weighted by atomic mass is 10.1. The van der Waals surface area contributed by atoms with E-state index in [0.717, 1.165) is 32.1 Å². The van der Waals surface area contributed by atoms with Crippen LogP contribution in [0.3, 0.4) is 0 Å². The van der Waals surface area contributed by atoms with Crippen molar-refractivity contribution in [3.8, 4) is 0 Å². The average Bonchev–Trinajstić information content (AvgIpc) is 2.63. The second-order valence-corrected chi connectivity index (χ2v) is 8.59. The van der Waals surface area contributed by atoms with E-state index in [1.54, 1.807) is 0 Å². The largest absolute Gasteiger partial charge is 0.480 e. The molecule has 0 fully saturated rings. The Morgan fingerprint density at radius 3 is 2.11 bits per heavy atom. The molecule has 3 N–H and O–H groups in total. The first-order chi connectivity index (χ1) is 13.5. The zero-order chi connectivity index (χ0) is 20.9. The quantitative estimate of drug-likeness (QED) is 0.115. The van der Waals surface area contributed by atoms with Gasteiger partial charge in [-0.3, -0.25) is 4.79 Å². The van der Waals surface area contributed by atoms with E-state index in [1.165, 1.54) is 25.7 Å². The average molecular weight is 434 g/mol. The Bertz CT molecular complexity index is 517. The Morgan fingerprint density at radius 1 is 0.964 bits per heavy atom. The number of phosphoric acid groups is 1. The number of carbonyl (C=O) groups excluding carboxylic acids is 1. The third kappa shape index (κ3) is 23.2.